The second-order valence-electron chi connectivity index (χ2n) is 5.22. The first kappa shape index (κ1) is 14.3. The highest BCUT2D eigenvalue weighted by molar-refractivity contribution is 5.87. The number of rotatable bonds is 4. The number of hydrogen-bond donors (Lipinski definition) is 1. The second kappa shape index (κ2) is 5.71. The average Bonchev–Trinajstić information content (AvgIpc) is 2.27. The third kappa shape index (κ3) is 4.62. The van der Waals surface area contributed by atoms with Gasteiger partial charge < -0.3 is 10.1 Å². The molecular weight excluding hydrogens is 226 g/mol. The van der Waals surface area contributed by atoms with Crippen LogP contribution in [0.1, 0.15) is 39.3 Å². The van der Waals surface area contributed by atoms with Gasteiger partial charge in [0, 0.05) is 0 Å². The van der Waals surface area contributed by atoms with Crippen molar-refractivity contribution in [2.24, 2.45) is 0 Å². The maximum Gasteiger partial charge on any atom is 0.243 e. The summed E-state index contributed by atoms with van der Waals surface area (Å²) in [6, 6.07) is 7.69. The Kier molecular flexibility index (Phi) is 4.54. The molecule has 18 heavy (non-hydrogen) atoms. The molecule has 0 saturated carbocycles. The molecule has 1 rings (SSSR count). The van der Waals surface area contributed by atoms with Crippen LogP contribution in [0.4, 0.5) is 0 Å². The van der Waals surface area contributed by atoms with E-state index in [-0.39, 0.29) is 17.6 Å². The molecule has 1 aromatic carbocycles. The zero-order valence-corrected chi connectivity index (χ0v) is 11.5. The molecule has 0 heterocycles. The molecule has 0 fully saturated rings. The highest BCUT2D eigenvalue weighted by atomic mass is 16.5. The van der Waals surface area contributed by atoms with Crippen molar-refractivity contribution < 1.29 is 9.53 Å². The largest absolute Gasteiger partial charge is 0.488 e. The monoisotopic (exact) mass is 247 g/mol. The van der Waals surface area contributed by atoms with Crippen LogP contribution in [0.5, 0.6) is 5.75 Å². The summed E-state index contributed by atoms with van der Waals surface area (Å²) >= 11 is 0. The van der Waals surface area contributed by atoms with Crippen LogP contribution < -0.4 is 10.1 Å². The minimum atomic E-state index is -0.204. The lowest BCUT2D eigenvalue weighted by molar-refractivity contribution is -0.117. The molecule has 1 amide bonds. The van der Waals surface area contributed by atoms with Crippen LogP contribution in [0.15, 0.2) is 36.9 Å². The fourth-order valence-electron chi connectivity index (χ4n) is 1.53. The predicted octanol–water partition coefficient (Wildman–Crippen LogP) is 3.23. The summed E-state index contributed by atoms with van der Waals surface area (Å²) in [4.78, 5) is 11.2. The molecule has 3 nitrogen and oxygen atoms in total. The van der Waals surface area contributed by atoms with Gasteiger partial charge in [0.05, 0.1) is 6.04 Å². The molecule has 0 aliphatic carbocycles. The Labute approximate surface area is 109 Å². The number of hydrogen-bond acceptors (Lipinski definition) is 2. The molecule has 0 aromatic heterocycles. The van der Waals surface area contributed by atoms with E-state index >= 15 is 0 Å². The number of carbonyl (C=O) groups excluding carboxylic acids is 1. The average molecular weight is 247 g/mol. The minimum Gasteiger partial charge on any atom is -0.488 e. The molecule has 0 radical (unpaired) electrons. The lowest BCUT2D eigenvalue weighted by atomic mass is 10.1. The normalized spacial score (nSPS) is 12.7. The van der Waals surface area contributed by atoms with E-state index in [0.717, 1.165) is 11.3 Å². The number of nitrogens with one attached hydrogen (secondary N) is 1. The Bertz CT molecular complexity index is 415. The Hall–Kier alpha value is -1.77. The summed E-state index contributed by atoms with van der Waals surface area (Å²) in [5.74, 6) is 0.658. The van der Waals surface area contributed by atoms with E-state index in [1.165, 1.54) is 6.08 Å². The van der Waals surface area contributed by atoms with E-state index in [4.69, 9.17) is 4.74 Å². The molecule has 1 unspecified atom stereocenters. The SMILES string of the molecule is C=CC(=O)NC(C)c1ccc(OC(C)(C)C)cc1. The van der Waals surface area contributed by atoms with Crippen molar-refractivity contribution in [2.75, 3.05) is 0 Å². The zero-order chi connectivity index (χ0) is 13.8. The number of amides is 1. The third-order valence-electron chi connectivity index (χ3n) is 2.35. The maximum atomic E-state index is 11.2. The number of ether oxygens (including phenoxy) is 1. The van der Waals surface area contributed by atoms with Crippen molar-refractivity contribution in [2.45, 2.75) is 39.3 Å². The predicted molar refractivity (Wildman–Crippen MR) is 73.6 cm³/mol. The van der Waals surface area contributed by atoms with E-state index in [0.29, 0.717) is 0 Å². The van der Waals surface area contributed by atoms with Gasteiger partial charge in [-0.05, 0) is 51.5 Å². The summed E-state index contributed by atoms with van der Waals surface area (Å²) in [6.45, 7) is 11.4. The van der Waals surface area contributed by atoms with Gasteiger partial charge in [-0.2, -0.15) is 0 Å². The fourth-order valence-corrected chi connectivity index (χ4v) is 1.53. The fraction of sp³-hybridized carbons (Fsp3) is 0.400. The van der Waals surface area contributed by atoms with E-state index in [1.54, 1.807) is 0 Å². The van der Waals surface area contributed by atoms with Gasteiger partial charge in [0.25, 0.3) is 0 Å². The van der Waals surface area contributed by atoms with E-state index in [9.17, 15) is 4.79 Å². The molecule has 1 atom stereocenters. The maximum absolute atomic E-state index is 11.2. The van der Waals surface area contributed by atoms with Gasteiger partial charge >= 0.3 is 0 Å². The first-order valence-corrected chi connectivity index (χ1v) is 6.04. The van der Waals surface area contributed by atoms with Crippen LogP contribution in [-0.2, 0) is 4.79 Å². The highest BCUT2D eigenvalue weighted by Gasteiger charge is 2.12. The van der Waals surface area contributed by atoms with Gasteiger partial charge in [-0.3, -0.25) is 4.79 Å². The van der Waals surface area contributed by atoms with Crippen molar-refractivity contribution in [3.8, 4) is 5.75 Å². The first-order valence-electron chi connectivity index (χ1n) is 6.04. The van der Waals surface area contributed by atoms with Crippen molar-refractivity contribution in [1.29, 1.82) is 0 Å². The van der Waals surface area contributed by atoms with E-state index in [1.807, 2.05) is 52.0 Å². The standard InChI is InChI=1S/C15H21NO2/c1-6-14(17)16-11(2)12-7-9-13(10-8-12)18-15(3,4)5/h6-11H,1H2,2-5H3,(H,16,17). The van der Waals surface area contributed by atoms with Crippen LogP contribution in [0.25, 0.3) is 0 Å². The second-order valence-corrected chi connectivity index (χ2v) is 5.22. The zero-order valence-electron chi connectivity index (χ0n) is 11.5. The van der Waals surface area contributed by atoms with Gasteiger partial charge in [-0.25, -0.2) is 0 Å². The first-order chi connectivity index (χ1) is 8.31. The molecule has 0 spiro atoms. The van der Waals surface area contributed by atoms with Crippen molar-refractivity contribution >= 4 is 5.91 Å². The van der Waals surface area contributed by atoms with Gasteiger partial charge in [-0.15, -0.1) is 0 Å². The molecular formula is C15H21NO2. The Morgan fingerprint density at radius 2 is 1.89 bits per heavy atom. The van der Waals surface area contributed by atoms with Gasteiger partial charge in [0.1, 0.15) is 11.4 Å². The van der Waals surface area contributed by atoms with Gasteiger partial charge in [0.15, 0.2) is 0 Å². The quantitative estimate of drug-likeness (QED) is 0.830. The molecule has 98 valence electrons. The summed E-state index contributed by atoms with van der Waals surface area (Å²) in [7, 11) is 0. The van der Waals surface area contributed by atoms with Crippen LogP contribution >= 0.6 is 0 Å². The minimum absolute atomic E-state index is 0.0424. The van der Waals surface area contributed by atoms with Crippen molar-refractivity contribution in [1.82, 2.24) is 5.32 Å². The molecule has 0 aliphatic rings. The molecule has 0 bridgehead atoms. The van der Waals surface area contributed by atoms with Crippen molar-refractivity contribution in [3.05, 3.63) is 42.5 Å². The molecule has 3 heteroatoms. The molecule has 1 N–H and O–H groups in total. The summed E-state index contributed by atoms with van der Waals surface area (Å²) in [5.41, 5.74) is 0.830. The smallest absolute Gasteiger partial charge is 0.243 e. The number of benzene rings is 1. The van der Waals surface area contributed by atoms with Gasteiger partial charge in [-0.1, -0.05) is 18.7 Å². The Morgan fingerprint density at radius 3 is 2.33 bits per heavy atom. The molecule has 0 aliphatic heterocycles. The van der Waals surface area contributed by atoms with E-state index < -0.39 is 0 Å². The summed E-state index contributed by atoms with van der Waals surface area (Å²) < 4.78 is 5.74. The van der Waals surface area contributed by atoms with Crippen molar-refractivity contribution in [3.63, 3.8) is 0 Å². The topological polar surface area (TPSA) is 38.3 Å². The lowest BCUT2D eigenvalue weighted by Crippen LogP contribution is -2.24. The Morgan fingerprint density at radius 1 is 1.33 bits per heavy atom. The third-order valence-corrected chi connectivity index (χ3v) is 2.35. The van der Waals surface area contributed by atoms with Crippen LogP contribution in [0, 0.1) is 0 Å². The van der Waals surface area contributed by atoms with Crippen LogP contribution in [0.3, 0.4) is 0 Å². The van der Waals surface area contributed by atoms with Crippen LogP contribution in [0.2, 0.25) is 0 Å². The van der Waals surface area contributed by atoms with E-state index in [2.05, 4.69) is 11.9 Å². The summed E-state index contributed by atoms with van der Waals surface area (Å²) in [5, 5.41) is 2.82. The molecule has 1 aromatic rings. The lowest BCUT2D eigenvalue weighted by Gasteiger charge is -2.21. The number of carbonyl (C=O) groups is 1. The Balaban J connectivity index is 2.70. The highest BCUT2D eigenvalue weighted by Crippen LogP contribution is 2.21. The summed E-state index contributed by atoms with van der Waals surface area (Å²) in [6.07, 6.45) is 1.27. The molecule has 0 saturated heterocycles. The van der Waals surface area contributed by atoms with Gasteiger partial charge in [0.2, 0.25) is 5.91 Å². The van der Waals surface area contributed by atoms with Crippen LogP contribution in [-0.4, -0.2) is 11.5 Å².